The molecule has 0 aliphatic heterocycles. The molecule has 0 aromatic heterocycles. The summed E-state index contributed by atoms with van der Waals surface area (Å²) >= 11 is 6.10. The van der Waals surface area contributed by atoms with Gasteiger partial charge in [0.25, 0.3) is 0 Å². The van der Waals surface area contributed by atoms with Gasteiger partial charge in [-0.25, -0.2) is 0 Å². The van der Waals surface area contributed by atoms with Crippen LogP contribution in [0.3, 0.4) is 0 Å². The van der Waals surface area contributed by atoms with Gasteiger partial charge in [0.2, 0.25) is 0 Å². The summed E-state index contributed by atoms with van der Waals surface area (Å²) in [5.74, 6) is 0. The van der Waals surface area contributed by atoms with Gasteiger partial charge in [0, 0.05) is 31.3 Å². The summed E-state index contributed by atoms with van der Waals surface area (Å²) in [6, 6.07) is 8.07. The van der Waals surface area contributed by atoms with E-state index >= 15 is 0 Å². The fourth-order valence-corrected chi connectivity index (χ4v) is 1.79. The first kappa shape index (κ1) is 13.5. The van der Waals surface area contributed by atoms with Crippen molar-refractivity contribution < 1.29 is 4.74 Å². The van der Waals surface area contributed by atoms with Crippen molar-refractivity contribution in [2.45, 2.75) is 12.6 Å². The lowest BCUT2D eigenvalue weighted by Gasteiger charge is -2.26. The molecule has 0 bridgehead atoms. The molecule has 1 atom stereocenters. The van der Waals surface area contributed by atoms with Crippen molar-refractivity contribution in [3.05, 3.63) is 34.9 Å². The Bertz CT molecular complexity index is 320. The van der Waals surface area contributed by atoms with E-state index in [1.54, 1.807) is 7.11 Å². The van der Waals surface area contributed by atoms with Gasteiger partial charge in [0.15, 0.2) is 0 Å². The molecule has 0 radical (unpaired) electrons. The van der Waals surface area contributed by atoms with Crippen LogP contribution >= 0.6 is 11.6 Å². The van der Waals surface area contributed by atoms with Crippen molar-refractivity contribution in [2.75, 3.05) is 27.3 Å². The van der Waals surface area contributed by atoms with Crippen molar-refractivity contribution in [3.63, 3.8) is 0 Å². The number of likely N-dealkylation sites (N-methyl/N-ethyl adjacent to an activating group) is 1. The summed E-state index contributed by atoms with van der Waals surface area (Å²) in [5.41, 5.74) is 6.81. The molecule has 1 rings (SSSR count). The second-order valence-electron chi connectivity index (χ2n) is 3.85. The maximum absolute atomic E-state index is 6.10. The number of halogens is 1. The van der Waals surface area contributed by atoms with Gasteiger partial charge < -0.3 is 10.5 Å². The molecule has 0 spiro atoms. The van der Waals surface area contributed by atoms with Crippen molar-refractivity contribution in [1.82, 2.24) is 4.90 Å². The van der Waals surface area contributed by atoms with Crippen molar-refractivity contribution in [3.8, 4) is 0 Å². The van der Waals surface area contributed by atoms with Crippen LogP contribution in [-0.4, -0.2) is 38.3 Å². The third-order valence-corrected chi connectivity index (χ3v) is 3.00. The van der Waals surface area contributed by atoms with E-state index in [0.29, 0.717) is 13.2 Å². The third-order valence-electron chi connectivity index (χ3n) is 2.63. The minimum Gasteiger partial charge on any atom is -0.383 e. The number of rotatable bonds is 6. The zero-order valence-electron chi connectivity index (χ0n) is 9.82. The Kier molecular flexibility index (Phi) is 5.77. The molecule has 90 valence electrons. The molecule has 0 aliphatic rings. The number of benzene rings is 1. The lowest BCUT2D eigenvalue weighted by Crippen LogP contribution is -2.40. The van der Waals surface area contributed by atoms with Crippen molar-refractivity contribution in [1.29, 1.82) is 0 Å². The van der Waals surface area contributed by atoms with Crippen LogP contribution in [-0.2, 0) is 11.3 Å². The molecule has 1 aromatic rings. The summed E-state index contributed by atoms with van der Waals surface area (Å²) in [6.45, 7) is 2.00. The van der Waals surface area contributed by atoms with Crippen molar-refractivity contribution >= 4 is 11.6 Å². The fourth-order valence-electron chi connectivity index (χ4n) is 1.59. The molecule has 1 aromatic carbocycles. The Balaban J connectivity index is 2.62. The summed E-state index contributed by atoms with van der Waals surface area (Å²) < 4.78 is 5.13. The van der Waals surface area contributed by atoms with Crippen LogP contribution in [0.15, 0.2) is 24.3 Å². The molecule has 0 aliphatic carbocycles. The highest BCUT2D eigenvalue weighted by Gasteiger charge is 2.13. The number of ether oxygens (including phenoxy) is 1. The highest BCUT2D eigenvalue weighted by Crippen LogP contribution is 2.17. The van der Waals surface area contributed by atoms with Crippen LogP contribution in [0, 0.1) is 0 Å². The molecule has 4 heteroatoms. The average molecular weight is 243 g/mol. The monoisotopic (exact) mass is 242 g/mol. The Morgan fingerprint density at radius 2 is 2.12 bits per heavy atom. The van der Waals surface area contributed by atoms with Gasteiger partial charge in [-0.15, -0.1) is 0 Å². The lowest BCUT2D eigenvalue weighted by molar-refractivity contribution is 0.106. The van der Waals surface area contributed by atoms with Crippen LogP contribution in [0.4, 0.5) is 0 Å². The molecule has 0 saturated carbocycles. The smallest absolute Gasteiger partial charge is 0.0630 e. The Hall–Kier alpha value is -0.610. The molecule has 0 amide bonds. The maximum Gasteiger partial charge on any atom is 0.0630 e. The third kappa shape index (κ3) is 3.76. The summed E-state index contributed by atoms with van der Waals surface area (Å²) in [4.78, 5) is 2.16. The van der Waals surface area contributed by atoms with Crippen LogP contribution in [0.1, 0.15) is 5.56 Å². The number of hydrogen-bond acceptors (Lipinski definition) is 3. The van der Waals surface area contributed by atoms with Gasteiger partial charge in [0.1, 0.15) is 0 Å². The molecule has 16 heavy (non-hydrogen) atoms. The van der Waals surface area contributed by atoms with E-state index in [1.165, 1.54) is 0 Å². The molecule has 3 nitrogen and oxygen atoms in total. The molecule has 1 unspecified atom stereocenters. The first-order valence-electron chi connectivity index (χ1n) is 5.31. The summed E-state index contributed by atoms with van der Waals surface area (Å²) in [5, 5.41) is 0.794. The molecular formula is C12H19ClN2O. The second kappa shape index (κ2) is 6.86. The van der Waals surface area contributed by atoms with E-state index in [2.05, 4.69) is 4.90 Å². The molecule has 0 heterocycles. The highest BCUT2D eigenvalue weighted by atomic mass is 35.5. The first-order valence-corrected chi connectivity index (χ1v) is 5.69. The van der Waals surface area contributed by atoms with Gasteiger partial charge in [0.05, 0.1) is 6.61 Å². The van der Waals surface area contributed by atoms with Gasteiger partial charge in [-0.1, -0.05) is 29.8 Å². The van der Waals surface area contributed by atoms with Crippen LogP contribution in [0.2, 0.25) is 5.02 Å². The second-order valence-corrected chi connectivity index (χ2v) is 4.26. The minimum atomic E-state index is 0.223. The van der Waals surface area contributed by atoms with Gasteiger partial charge in [-0.05, 0) is 18.7 Å². The number of nitrogens with zero attached hydrogens (tertiary/aromatic N) is 1. The molecular weight excluding hydrogens is 224 g/mol. The fraction of sp³-hybridized carbons (Fsp3) is 0.500. The van der Waals surface area contributed by atoms with Crippen LogP contribution in [0.25, 0.3) is 0 Å². The standard InChI is InChI=1S/C12H19ClN2O/c1-15(11(7-14)9-16-2)8-10-5-3-4-6-12(10)13/h3-6,11H,7-9,14H2,1-2H3. The predicted molar refractivity (Wildman–Crippen MR) is 67.6 cm³/mol. The number of methoxy groups -OCH3 is 1. The van der Waals surface area contributed by atoms with E-state index in [4.69, 9.17) is 22.1 Å². The Morgan fingerprint density at radius 3 is 2.69 bits per heavy atom. The van der Waals surface area contributed by atoms with E-state index in [-0.39, 0.29) is 6.04 Å². The van der Waals surface area contributed by atoms with E-state index in [1.807, 2.05) is 31.3 Å². The van der Waals surface area contributed by atoms with E-state index < -0.39 is 0 Å². The van der Waals surface area contributed by atoms with E-state index in [9.17, 15) is 0 Å². The minimum absolute atomic E-state index is 0.223. The largest absolute Gasteiger partial charge is 0.383 e. The van der Waals surface area contributed by atoms with Crippen LogP contribution in [0.5, 0.6) is 0 Å². The summed E-state index contributed by atoms with van der Waals surface area (Å²) in [6.07, 6.45) is 0. The van der Waals surface area contributed by atoms with Gasteiger partial charge >= 0.3 is 0 Å². The molecule has 2 N–H and O–H groups in total. The zero-order chi connectivity index (χ0) is 12.0. The number of nitrogens with two attached hydrogens (primary N) is 1. The Labute approximate surface area is 102 Å². The number of hydrogen-bond donors (Lipinski definition) is 1. The normalized spacial score (nSPS) is 13.1. The Morgan fingerprint density at radius 1 is 1.44 bits per heavy atom. The quantitative estimate of drug-likeness (QED) is 0.826. The van der Waals surface area contributed by atoms with E-state index in [0.717, 1.165) is 17.1 Å². The SMILES string of the molecule is COCC(CN)N(C)Cc1ccccc1Cl. The predicted octanol–water partition coefficient (Wildman–Crippen LogP) is 1.75. The first-order chi connectivity index (χ1) is 7.69. The van der Waals surface area contributed by atoms with Crippen molar-refractivity contribution in [2.24, 2.45) is 5.73 Å². The lowest BCUT2D eigenvalue weighted by atomic mass is 10.2. The van der Waals surface area contributed by atoms with Crippen LogP contribution < -0.4 is 5.73 Å². The molecule has 0 fully saturated rings. The van der Waals surface area contributed by atoms with Gasteiger partial charge in [-0.3, -0.25) is 4.90 Å². The summed E-state index contributed by atoms with van der Waals surface area (Å²) in [7, 11) is 3.71. The van der Waals surface area contributed by atoms with Gasteiger partial charge in [-0.2, -0.15) is 0 Å². The topological polar surface area (TPSA) is 38.5 Å². The zero-order valence-corrected chi connectivity index (χ0v) is 10.6. The molecule has 0 saturated heterocycles. The maximum atomic E-state index is 6.10. The average Bonchev–Trinajstić information content (AvgIpc) is 2.29. The highest BCUT2D eigenvalue weighted by molar-refractivity contribution is 6.31.